The van der Waals surface area contributed by atoms with Crippen molar-refractivity contribution in [1.29, 1.82) is 0 Å². The fourth-order valence-corrected chi connectivity index (χ4v) is 1.37. The zero-order chi connectivity index (χ0) is 9.84. The monoisotopic (exact) mass is 179 g/mol. The molecule has 2 nitrogen and oxygen atoms in total. The van der Waals surface area contributed by atoms with Gasteiger partial charge in [0.15, 0.2) is 0 Å². The molecule has 0 aliphatic rings. The summed E-state index contributed by atoms with van der Waals surface area (Å²) in [6.45, 7) is 4.84. The number of hydrogen-bond donors (Lipinski definition) is 1. The number of rotatable bonds is 3. The summed E-state index contributed by atoms with van der Waals surface area (Å²) in [5, 5.41) is 0. The van der Waals surface area contributed by atoms with Crippen molar-refractivity contribution in [2.45, 2.75) is 19.8 Å². The van der Waals surface area contributed by atoms with E-state index in [9.17, 15) is 0 Å². The van der Waals surface area contributed by atoms with Gasteiger partial charge in [0.2, 0.25) is 0 Å². The maximum absolute atomic E-state index is 5.62. The molecule has 13 heavy (non-hydrogen) atoms. The highest BCUT2D eigenvalue weighted by molar-refractivity contribution is 5.39. The summed E-state index contributed by atoms with van der Waals surface area (Å²) in [6.07, 6.45) is 0. The van der Waals surface area contributed by atoms with Gasteiger partial charge in [-0.2, -0.15) is 0 Å². The molecule has 0 aliphatic heterocycles. The van der Waals surface area contributed by atoms with E-state index in [2.05, 4.69) is 19.9 Å². The lowest BCUT2D eigenvalue weighted by molar-refractivity contribution is 0.406. The molecule has 0 heterocycles. The number of ether oxygens (including phenoxy) is 1. The largest absolute Gasteiger partial charge is 0.496 e. The fraction of sp³-hybridized carbons (Fsp3) is 0.455. The number of aryl methyl sites for hydroxylation is 1. The molecule has 1 aromatic carbocycles. The molecule has 1 rings (SSSR count). The van der Waals surface area contributed by atoms with Crippen LogP contribution in [-0.2, 0) is 0 Å². The van der Waals surface area contributed by atoms with Crippen LogP contribution in [-0.4, -0.2) is 13.7 Å². The predicted octanol–water partition coefficient (Wildman–Crippen LogP) is 2.07. The zero-order valence-electron chi connectivity index (χ0n) is 8.50. The van der Waals surface area contributed by atoms with Crippen LogP contribution in [0.1, 0.15) is 24.0 Å². The van der Waals surface area contributed by atoms with Gasteiger partial charge in [-0.15, -0.1) is 0 Å². The van der Waals surface area contributed by atoms with Gasteiger partial charge in [-0.05, 0) is 31.0 Å². The molecule has 2 heteroatoms. The molecule has 2 N–H and O–H groups in total. The smallest absolute Gasteiger partial charge is 0.122 e. The summed E-state index contributed by atoms with van der Waals surface area (Å²) in [6, 6.07) is 6.18. The Morgan fingerprint density at radius 2 is 2.15 bits per heavy atom. The lowest BCUT2D eigenvalue weighted by atomic mass is 9.98. The predicted molar refractivity (Wildman–Crippen MR) is 55.2 cm³/mol. The molecule has 0 aromatic heterocycles. The van der Waals surface area contributed by atoms with Gasteiger partial charge in [0.25, 0.3) is 0 Å². The highest BCUT2D eigenvalue weighted by Crippen LogP contribution is 2.26. The summed E-state index contributed by atoms with van der Waals surface area (Å²) in [7, 11) is 1.69. The molecule has 72 valence electrons. The van der Waals surface area contributed by atoms with Crippen molar-refractivity contribution in [2.24, 2.45) is 5.73 Å². The summed E-state index contributed by atoms with van der Waals surface area (Å²) >= 11 is 0. The highest BCUT2D eigenvalue weighted by atomic mass is 16.5. The summed E-state index contributed by atoms with van der Waals surface area (Å²) < 4.78 is 5.27. The first-order valence-corrected chi connectivity index (χ1v) is 4.53. The average molecular weight is 179 g/mol. The van der Waals surface area contributed by atoms with E-state index in [-0.39, 0.29) is 0 Å². The summed E-state index contributed by atoms with van der Waals surface area (Å²) in [5.74, 6) is 1.29. The number of hydrogen-bond acceptors (Lipinski definition) is 2. The lowest BCUT2D eigenvalue weighted by Crippen LogP contribution is -2.10. The summed E-state index contributed by atoms with van der Waals surface area (Å²) in [4.78, 5) is 0. The average Bonchev–Trinajstić information content (AvgIpc) is 2.16. The Morgan fingerprint density at radius 1 is 1.46 bits per heavy atom. The van der Waals surface area contributed by atoms with Crippen LogP contribution in [0.25, 0.3) is 0 Å². The third-order valence-electron chi connectivity index (χ3n) is 2.27. The van der Waals surface area contributed by atoms with Gasteiger partial charge in [-0.1, -0.05) is 24.6 Å². The molecule has 0 saturated heterocycles. The van der Waals surface area contributed by atoms with E-state index in [1.165, 1.54) is 11.1 Å². The molecule has 0 aliphatic carbocycles. The molecular weight excluding hydrogens is 162 g/mol. The highest BCUT2D eigenvalue weighted by Gasteiger charge is 2.09. The summed E-state index contributed by atoms with van der Waals surface area (Å²) in [5.41, 5.74) is 8.07. The van der Waals surface area contributed by atoms with E-state index in [1.54, 1.807) is 7.11 Å². The van der Waals surface area contributed by atoms with Gasteiger partial charge in [-0.3, -0.25) is 0 Å². The van der Waals surface area contributed by atoms with Gasteiger partial charge < -0.3 is 10.5 Å². The van der Waals surface area contributed by atoms with Crippen LogP contribution in [0.3, 0.4) is 0 Å². The van der Waals surface area contributed by atoms with E-state index in [0.29, 0.717) is 12.5 Å². The topological polar surface area (TPSA) is 35.2 Å². The standard InChI is InChI=1S/C11H17NO/c1-8-4-5-11(13-3)10(6-8)9(2)7-12/h4-6,9H,7,12H2,1-3H3/t9-/m1/s1. The van der Waals surface area contributed by atoms with Gasteiger partial charge in [0, 0.05) is 0 Å². The number of methoxy groups -OCH3 is 1. The molecule has 0 fully saturated rings. The van der Waals surface area contributed by atoms with Crippen molar-refractivity contribution in [3.05, 3.63) is 29.3 Å². The number of benzene rings is 1. The molecule has 0 spiro atoms. The second kappa shape index (κ2) is 4.28. The third kappa shape index (κ3) is 2.22. The Kier molecular flexibility index (Phi) is 3.32. The van der Waals surface area contributed by atoms with Crippen LogP contribution in [0.2, 0.25) is 0 Å². The SMILES string of the molecule is COc1ccc(C)cc1[C@H](C)CN. The van der Waals surface area contributed by atoms with Gasteiger partial charge >= 0.3 is 0 Å². The van der Waals surface area contributed by atoms with E-state index in [1.807, 2.05) is 12.1 Å². The molecule has 0 radical (unpaired) electrons. The van der Waals surface area contributed by atoms with E-state index >= 15 is 0 Å². The Labute approximate surface area is 79.7 Å². The molecule has 0 bridgehead atoms. The minimum atomic E-state index is 0.356. The van der Waals surface area contributed by atoms with E-state index < -0.39 is 0 Å². The second-order valence-electron chi connectivity index (χ2n) is 3.38. The van der Waals surface area contributed by atoms with E-state index in [0.717, 1.165) is 5.75 Å². The van der Waals surface area contributed by atoms with Gasteiger partial charge in [-0.25, -0.2) is 0 Å². The van der Waals surface area contributed by atoms with Crippen LogP contribution in [0, 0.1) is 6.92 Å². The first kappa shape index (κ1) is 10.1. The first-order valence-electron chi connectivity index (χ1n) is 4.53. The Bertz CT molecular complexity index is 283. The molecule has 0 saturated carbocycles. The maximum atomic E-state index is 5.62. The maximum Gasteiger partial charge on any atom is 0.122 e. The van der Waals surface area contributed by atoms with Crippen molar-refractivity contribution in [2.75, 3.05) is 13.7 Å². The van der Waals surface area contributed by atoms with Crippen molar-refractivity contribution in [3.63, 3.8) is 0 Å². The van der Waals surface area contributed by atoms with Crippen molar-refractivity contribution in [3.8, 4) is 5.75 Å². The van der Waals surface area contributed by atoms with Gasteiger partial charge in [0.1, 0.15) is 5.75 Å². The van der Waals surface area contributed by atoms with Crippen LogP contribution >= 0.6 is 0 Å². The van der Waals surface area contributed by atoms with Crippen molar-refractivity contribution < 1.29 is 4.74 Å². The Morgan fingerprint density at radius 3 is 2.69 bits per heavy atom. The van der Waals surface area contributed by atoms with Crippen molar-refractivity contribution >= 4 is 0 Å². The van der Waals surface area contributed by atoms with Crippen LogP contribution in [0.15, 0.2) is 18.2 Å². The minimum Gasteiger partial charge on any atom is -0.496 e. The number of nitrogens with two attached hydrogens (primary N) is 1. The molecule has 0 amide bonds. The lowest BCUT2D eigenvalue weighted by Gasteiger charge is -2.14. The minimum absolute atomic E-state index is 0.356. The molecule has 1 aromatic rings. The first-order chi connectivity index (χ1) is 6.19. The Balaban J connectivity index is 3.07. The van der Waals surface area contributed by atoms with E-state index in [4.69, 9.17) is 10.5 Å². The molecular formula is C11H17NO. The van der Waals surface area contributed by atoms with Crippen LogP contribution in [0.4, 0.5) is 0 Å². The van der Waals surface area contributed by atoms with Crippen molar-refractivity contribution in [1.82, 2.24) is 0 Å². The quantitative estimate of drug-likeness (QED) is 0.771. The van der Waals surface area contributed by atoms with Gasteiger partial charge in [0.05, 0.1) is 7.11 Å². The zero-order valence-corrected chi connectivity index (χ0v) is 8.50. The van der Waals surface area contributed by atoms with Crippen LogP contribution in [0.5, 0.6) is 5.75 Å². The third-order valence-corrected chi connectivity index (χ3v) is 2.27. The molecule has 1 atom stereocenters. The molecule has 0 unspecified atom stereocenters. The Hall–Kier alpha value is -1.02. The van der Waals surface area contributed by atoms with Crippen LogP contribution < -0.4 is 10.5 Å². The normalized spacial score (nSPS) is 12.6. The second-order valence-corrected chi connectivity index (χ2v) is 3.38. The fourth-order valence-electron chi connectivity index (χ4n) is 1.37.